The molecule has 0 bridgehead atoms. The van der Waals surface area contributed by atoms with E-state index in [4.69, 9.17) is 11.6 Å². The molecule has 1 heterocycles. The van der Waals surface area contributed by atoms with Gasteiger partial charge in [0.25, 0.3) is 10.0 Å². The Morgan fingerprint density at radius 1 is 1.17 bits per heavy atom. The van der Waals surface area contributed by atoms with Gasteiger partial charge in [-0.15, -0.1) is 11.3 Å². The van der Waals surface area contributed by atoms with Gasteiger partial charge < -0.3 is 0 Å². The third kappa shape index (κ3) is 2.80. The van der Waals surface area contributed by atoms with Gasteiger partial charge in [-0.1, -0.05) is 11.6 Å². The molecule has 2 rings (SSSR count). The van der Waals surface area contributed by atoms with Crippen LogP contribution in [0.1, 0.15) is 0 Å². The molecule has 96 valence electrons. The molecule has 0 unspecified atom stereocenters. The van der Waals surface area contributed by atoms with Crippen molar-refractivity contribution in [3.05, 3.63) is 46.3 Å². The Labute approximate surface area is 111 Å². The highest BCUT2D eigenvalue weighted by Crippen LogP contribution is 2.28. The van der Waals surface area contributed by atoms with Gasteiger partial charge in [-0.3, -0.25) is 4.72 Å². The summed E-state index contributed by atoms with van der Waals surface area (Å²) in [6.07, 6.45) is 0. The predicted octanol–water partition coefficient (Wildman–Crippen LogP) is 3.48. The first-order valence-electron chi connectivity index (χ1n) is 4.62. The number of hydrogen-bond acceptors (Lipinski definition) is 3. The molecule has 3 nitrogen and oxygen atoms in total. The van der Waals surface area contributed by atoms with E-state index in [-0.39, 0.29) is 8.55 Å². The van der Waals surface area contributed by atoms with E-state index in [9.17, 15) is 17.2 Å². The van der Waals surface area contributed by atoms with Gasteiger partial charge in [-0.2, -0.15) is 0 Å². The molecule has 18 heavy (non-hydrogen) atoms. The average molecular weight is 310 g/mol. The van der Waals surface area contributed by atoms with Crippen molar-refractivity contribution in [2.45, 2.75) is 4.21 Å². The Kier molecular flexibility index (Phi) is 3.56. The van der Waals surface area contributed by atoms with Gasteiger partial charge in [0.15, 0.2) is 0 Å². The summed E-state index contributed by atoms with van der Waals surface area (Å²) in [5.41, 5.74) is -0.445. The van der Waals surface area contributed by atoms with Crippen molar-refractivity contribution in [3.8, 4) is 0 Å². The number of anilines is 1. The minimum Gasteiger partial charge on any atom is -0.276 e. The van der Waals surface area contributed by atoms with Gasteiger partial charge >= 0.3 is 0 Å². The maximum atomic E-state index is 13.3. The Bertz CT molecular complexity index is 685. The van der Waals surface area contributed by atoms with E-state index in [0.717, 1.165) is 29.5 Å². The molecule has 2 aromatic rings. The maximum absolute atomic E-state index is 13.3. The Morgan fingerprint density at radius 2 is 1.89 bits per heavy atom. The van der Waals surface area contributed by atoms with Crippen molar-refractivity contribution in [2.24, 2.45) is 0 Å². The summed E-state index contributed by atoms with van der Waals surface area (Å²) < 4.78 is 52.1. The molecule has 0 aliphatic carbocycles. The molecule has 1 aromatic heterocycles. The van der Waals surface area contributed by atoms with E-state index in [1.54, 1.807) is 0 Å². The number of thiophene rings is 1. The van der Waals surface area contributed by atoms with Crippen LogP contribution in [-0.4, -0.2) is 8.42 Å². The van der Waals surface area contributed by atoms with E-state index in [0.29, 0.717) is 0 Å². The van der Waals surface area contributed by atoms with Crippen molar-refractivity contribution >= 4 is 38.6 Å². The Hall–Kier alpha value is -1.18. The fourth-order valence-electron chi connectivity index (χ4n) is 1.21. The van der Waals surface area contributed by atoms with Crippen molar-refractivity contribution in [2.75, 3.05) is 4.72 Å². The maximum Gasteiger partial charge on any atom is 0.271 e. The van der Waals surface area contributed by atoms with Crippen LogP contribution in [0.5, 0.6) is 0 Å². The van der Waals surface area contributed by atoms with Crippen LogP contribution in [0.15, 0.2) is 34.5 Å². The first kappa shape index (κ1) is 13.3. The van der Waals surface area contributed by atoms with E-state index < -0.39 is 27.3 Å². The van der Waals surface area contributed by atoms with Gasteiger partial charge in [0, 0.05) is 6.07 Å². The molecule has 0 saturated heterocycles. The van der Waals surface area contributed by atoms with Crippen molar-refractivity contribution in [3.63, 3.8) is 0 Å². The summed E-state index contributed by atoms with van der Waals surface area (Å²) in [6.45, 7) is 0. The lowest BCUT2D eigenvalue weighted by Gasteiger charge is -2.07. The van der Waals surface area contributed by atoms with Gasteiger partial charge in [0.05, 0.1) is 10.0 Å². The first-order chi connectivity index (χ1) is 8.38. The van der Waals surface area contributed by atoms with E-state index in [1.807, 2.05) is 4.72 Å². The molecule has 0 fully saturated rings. The van der Waals surface area contributed by atoms with E-state index >= 15 is 0 Å². The molecular weight excluding hydrogens is 304 g/mol. The monoisotopic (exact) mass is 309 g/mol. The van der Waals surface area contributed by atoms with Crippen LogP contribution in [0, 0.1) is 11.6 Å². The Morgan fingerprint density at radius 3 is 2.50 bits per heavy atom. The third-order valence-electron chi connectivity index (χ3n) is 1.99. The van der Waals surface area contributed by atoms with Crippen molar-refractivity contribution < 1.29 is 17.2 Å². The number of nitrogens with one attached hydrogen (secondary N) is 1. The minimum absolute atomic E-state index is 0.0730. The quantitative estimate of drug-likeness (QED) is 0.943. The van der Waals surface area contributed by atoms with Crippen molar-refractivity contribution in [1.29, 1.82) is 0 Å². The number of sulfonamides is 1. The summed E-state index contributed by atoms with van der Waals surface area (Å²) in [5.74, 6) is -1.60. The standard InChI is InChI=1S/C10H6ClF2NO2S2/c11-9-3-4-10(17-9)18(15,16)14-8-5-6(12)1-2-7(8)13/h1-5,14H. The molecule has 0 saturated carbocycles. The van der Waals surface area contributed by atoms with E-state index in [1.165, 1.54) is 12.1 Å². The van der Waals surface area contributed by atoms with E-state index in [2.05, 4.69) is 0 Å². The SMILES string of the molecule is O=S(=O)(Nc1cc(F)ccc1F)c1ccc(Cl)s1. The highest BCUT2D eigenvalue weighted by Gasteiger charge is 2.18. The van der Waals surface area contributed by atoms with Gasteiger partial charge in [-0.05, 0) is 24.3 Å². The van der Waals surface area contributed by atoms with Crippen LogP contribution in [-0.2, 0) is 10.0 Å². The molecule has 8 heteroatoms. The molecule has 0 aliphatic rings. The molecule has 0 radical (unpaired) electrons. The van der Waals surface area contributed by atoms with Crippen LogP contribution in [0.25, 0.3) is 0 Å². The zero-order valence-electron chi connectivity index (χ0n) is 8.65. The zero-order valence-corrected chi connectivity index (χ0v) is 11.0. The Balaban J connectivity index is 2.36. The summed E-state index contributed by atoms with van der Waals surface area (Å²) in [5, 5.41) is 0. The molecule has 1 N–H and O–H groups in total. The molecule has 1 aromatic carbocycles. The second kappa shape index (κ2) is 4.83. The number of benzene rings is 1. The molecule has 0 amide bonds. The molecule has 0 aliphatic heterocycles. The van der Waals surface area contributed by atoms with Gasteiger partial charge in [-0.25, -0.2) is 17.2 Å². The highest BCUT2D eigenvalue weighted by molar-refractivity contribution is 7.94. The fourth-order valence-corrected chi connectivity index (χ4v) is 3.75. The summed E-state index contributed by atoms with van der Waals surface area (Å²) >= 11 is 6.44. The first-order valence-corrected chi connectivity index (χ1v) is 7.29. The smallest absolute Gasteiger partial charge is 0.271 e. The second-order valence-electron chi connectivity index (χ2n) is 3.29. The highest BCUT2D eigenvalue weighted by atomic mass is 35.5. The van der Waals surface area contributed by atoms with Crippen LogP contribution < -0.4 is 4.72 Å². The molecule has 0 spiro atoms. The van der Waals surface area contributed by atoms with Crippen LogP contribution in [0.3, 0.4) is 0 Å². The number of hydrogen-bond donors (Lipinski definition) is 1. The lowest BCUT2D eigenvalue weighted by Crippen LogP contribution is -2.12. The third-order valence-corrected chi connectivity index (χ3v) is 5.07. The largest absolute Gasteiger partial charge is 0.276 e. The topological polar surface area (TPSA) is 46.2 Å². The van der Waals surface area contributed by atoms with Crippen LogP contribution in [0.4, 0.5) is 14.5 Å². The average Bonchev–Trinajstić information content (AvgIpc) is 2.71. The molecule has 0 atom stereocenters. The van der Waals surface area contributed by atoms with Gasteiger partial charge in [0.1, 0.15) is 15.8 Å². The normalized spacial score (nSPS) is 11.5. The summed E-state index contributed by atoms with van der Waals surface area (Å²) in [4.78, 5) is 0. The van der Waals surface area contributed by atoms with Crippen molar-refractivity contribution in [1.82, 2.24) is 0 Å². The molecular formula is C10H6ClF2NO2S2. The lowest BCUT2D eigenvalue weighted by atomic mass is 10.3. The van der Waals surface area contributed by atoms with Crippen LogP contribution in [0.2, 0.25) is 4.34 Å². The predicted molar refractivity (Wildman–Crippen MR) is 66.5 cm³/mol. The fraction of sp³-hybridized carbons (Fsp3) is 0. The van der Waals surface area contributed by atoms with Crippen LogP contribution >= 0.6 is 22.9 Å². The zero-order chi connectivity index (χ0) is 13.3. The number of rotatable bonds is 3. The second-order valence-corrected chi connectivity index (χ2v) is 6.91. The lowest BCUT2D eigenvalue weighted by molar-refractivity contribution is 0.595. The minimum atomic E-state index is -3.95. The number of halogens is 3. The summed E-state index contributed by atoms with van der Waals surface area (Å²) in [6, 6.07) is 5.20. The van der Waals surface area contributed by atoms with Gasteiger partial charge in [0.2, 0.25) is 0 Å². The summed E-state index contributed by atoms with van der Waals surface area (Å²) in [7, 11) is -3.95.